The van der Waals surface area contributed by atoms with E-state index in [1.807, 2.05) is 18.2 Å². The van der Waals surface area contributed by atoms with Gasteiger partial charge in [-0.2, -0.15) is 0 Å². The molecule has 0 aliphatic carbocycles. The Morgan fingerprint density at radius 1 is 0.962 bits per heavy atom. The Morgan fingerprint density at radius 3 is 2.27 bits per heavy atom. The van der Waals surface area contributed by atoms with Gasteiger partial charge in [-0.15, -0.1) is 0 Å². The minimum Gasteiger partial charge on any atom is -0.493 e. The van der Waals surface area contributed by atoms with Crippen molar-refractivity contribution in [3.8, 4) is 23.0 Å². The minimum absolute atomic E-state index is 0.281. The Bertz CT molecular complexity index is 796. The van der Waals surface area contributed by atoms with Gasteiger partial charge in [0.2, 0.25) is 0 Å². The van der Waals surface area contributed by atoms with Crippen molar-refractivity contribution in [1.82, 2.24) is 0 Å². The van der Waals surface area contributed by atoms with Crippen LogP contribution in [0, 0.1) is 0 Å². The van der Waals surface area contributed by atoms with Gasteiger partial charge in [-0.05, 0) is 45.8 Å². The summed E-state index contributed by atoms with van der Waals surface area (Å²) in [6.45, 7) is 0.380. The maximum Gasteiger partial charge on any atom is 0.193 e. The standard InChI is InChI=1S/C18H22BrN3O4/c1-23-14-6-5-12(9-15(14)24-2)22-18(20)21-10-11-7-13(19)17(26-4)16(8-11)25-3/h5-9H,10H2,1-4H3,(H3,20,21,22). The maximum atomic E-state index is 5.98. The van der Waals surface area contributed by atoms with Crippen molar-refractivity contribution in [3.63, 3.8) is 0 Å². The van der Waals surface area contributed by atoms with Crippen LogP contribution in [0.4, 0.5) is 5.69 Å². The molecule has 0 saturated heterocycles. The molecule has 0 radical (unpaired) electrons. The molecule has 3 N–H and O–H groups in total. The predicted molar refractivity (Wildman–Crippen MR) is 106 cm³/mol. The van der Waals surface area contributed by atoms with E-state index in [1.165, 1.54) is 0 Å². The molecule has 0 saturated carbocycles. The Morgan fingerprint density at radius 2 is 1.65 bits per heavy atom. The molecule has 26 heavy (non-hydrogen) atoms. The van der Waals surface area contributed by atoms with Crippen LogP contribution in [-0.4, -0.2) is 34.4 Å². The lowest BCUT2D eigenvalue weighted by molar-refractivity contribution is 0.352. The molecule has 0 unspecified atom stereocenters. The number of rotatable bonds is 7. The Kier molecular flexibility index (Phi) is 6.97. The third-order valence-corrected chi connectivity index (χ3v) is 4.17. The zero-order valence-corrected chi connectivity index (χ0v) is 16.7. The van der Waals surface area contributed by atoms with Crippen LogP contribution in [0.5, 0.6) is 23.0 Å². The summed E-state index contributed by atoms with van der Waals surface area (Å²) >= 11 is 3.46. The van der Waals surface area contributed by atoms with Gasteiger partial charge in [0, 0.05) is 11.8 Å². The van der Waals surface area contributed by atoms with Crippen molar-refractivity contribution in [1.29, 1.82) is 0 Å². The third kappa shape index (κ3) is 4.72. The van der Waals surface area contributed by atoms with Crippen LogP contribution in [0.3, 0.4) is 0 Å². The van der Waals surface area contributed by atoms with Crippen molar-refractivity contribution in [2.45, 2.75) is 6.54 Å². The molecule has 0 bridgehead atoms. The fourth-order valence-electron chi connectivity index (χ4n) is 2.34. The summed E-state index contributed by atoms with van der Waals surface area (Å²) in [6, 6.07) is 9.18. The summed E-state index contributed by atoms with van der Waals surface area (Å²) in [4.78, 5) is 4.35. The zero-order valence-electron chi connectivity index (χ0n) is 15.1. The van der Waals surface area contributed by atoms with Crippen LogP contribution < -0.4 is 30.0 Å². The fourth-order valence-corrected chi connectivity index (χ4v) is 2.99. The van der Waals surface area contributed by atoms with E-state index in [9.17, 15) is 0 Å². The lowest BCUT2D eigenvalue weighted by atomic mass is 10.2. The summed E-state index contributed by atoms with van der Waals surface area (Å²) in [5, 5.41) is 3.03. The molecule has 2 aromatic carbocycles. The van der Waals surface area contributed by atoms with Crippen molar-refractivity contribution in [2.75, 3.05) is 33.8 Å². The number of hydrogen-bond acceptors (Lipinski definition) is 5. The van der Waals surface area contributed by atoms with Gasteiger partial charge in [-0.3, -0.25) is 0 Å². The number of benzene rings is 2. The summed E-state index contributed by atoms with van der Waals surface area (Å²) in [6.07, 6.45) is 0. The van der Waals surface area contributed by atoms with E-state index in [4.69, 9.17) is 24.7 Å². The van der Waals surface area contributed by atoms with Gasteiger partial charge in [0.25, 0.3) is 0 Å². The highest BCUT2D eigenvalue weighted by atomic mass is 79.9. The van der Waals surface area contributed by atoms with E-state index in [0.717, 1.165) is 15.7 Å². The van der Waals surface area contributed by atoms with Gasteiger partial charge in [-0.1, -0.05) is 0 Å². The number of nitrogens with two attached hydrogens (primary N) is 1. The van der Waals surface area contributed by atoms with E-state index in [-0.39, 0.29) is 5.96 Å². The smallest absolute Gasteiger partial charge is 0.193 e. The van der Waals surface area contributed by atoms with Crippen LogP contribution in [0.1, 0.15) is 5.56 Å². The molecule has 0 fully saturated rings. The summed E-state index contributed by atoms with van der Waals surface area (Å²) in [5.74, 6) is 2.79. The van der Waals surface area contributed by atoms with E-state index >= 15 is 0 Å². The number of nitrogens with one attached hydrogen (secondary N) is 1. The monoisotopic (exact) mass is 423 g/mol. The Labute approximate surface area is 161 Å². The van der Waals surface area contributed by atoms with Gasteiger partial charge in [0.1, 0.15) is 0 Å². The number of guanidine groups is 1. The number of hydrogen-bond donors (Lipinski definition) is 2. The average molecular weight is 424 g/mol. The average Bonchev–Trinajstić information content (AvgIpc) is 2.65. The normalized spacial score (nSPS) is 11.0. The second kappa shape index (κ2) is 9.19. The molecule has 2 rings (SSSR count). The van der Waals surface area contributed by atoms with Crippen LogP contribution in [-0.2, 0) is 6.54 Å². The molecule has 0 spiro atoms. The molecule has 7 nitrogen and oxygen atoms in total. The van der Waals surface area contributed by atoms with Gasteiger partial charge in [0.05, 0.1) is 39.5 Å². The first kappa shape index (κ1) is 19.7. The Hall–Kier alpha value is -2.61. The number of halogens is 1. The summed E-state index contributed by atoms with van der Waals surface area (Å²) in [5.41, 5.74) is 7.65. The van der Waals surface area contributed by atoms with Crippen LogP contribution in [0.2, 0.25) is 0 Å². The third-order valence-electron chi connectivity index (χ3n) is 3.58. The van der Waals surface area contributed by atoms with Crippen molar-refractivity contribution < 1.29 is 18.9 Å². The van der Waals surface area contributed by atoms with Crippen molar-refractivity contribution >= 4 is 27.6 Å². The molecule has 140 valence electrons. The first-order valence-corrected chi connectivity index (χ1v) is 8.51. The van der Waals surface area contributed by atoms with Gasteiger partial charge in [0.15, 0.2) is 29.0 Å². The number of aliphatic imine (C=N–C) groups is 1. The summed E-state index contributed by atoms with van der Waals surface area (Å²) in [7, 11) is 6.34. The molecule has 8 heteroatoms. The first-order chi connectivity index (χ1) is 12.5. The predicted octanol–water partition coefficient (Wildman–Crippen LogP) is 3.41. The topological polar surface area (TPSA) is 87.3 Å². The van der Waals surface area contributed by atoms with E-state index in [0.29, 0.717) is 29.5 Å². The lowest BCUT2D eigenvalue weighted by Crippen LogP contribution is -2.22. The summed E-state index contributed by atoms with van der Waals surface area (Å²) < 4.78 is 21.9. The van der Waals surface area contributed by atoms with Gasteiger partial charge in [-0.25, -0.2) is 4.99 Å². The molecule has 0 atom stereocenters. The fraction of sp³-hybridized carbons (Fsp3) is 0.278. The second-order valence-electron chi connectivity index (χ2n) is 5.21. The SMILES string of the molecule is COc1ccc(NC(N)=NCc2cc(Br)c(OC)c(OC)c2)cc1OC. The highest BCUT2D eigenvalue weighted by Crippen LogP contribution is 2.36. The van der Waals surface area contributed by atoms with Crippen LogP contribution in [0.15, 0.2) is 39.8 Å². The molecule has 0 heterocycles. The number of ether oxygens (including phenoxy) is 4. The van der Waals surface area contributed by atoms with Gasteiger partial charge >= 0.3 is 0 Å². The highest BCUT2D eigenvalue weighted by Gasteiger charge is 2.10. The largest absolute Gasteiger partial charge is 0.493 e. The number of anilines is 1. The lowest BCUT2D eigenvalue weighted by Gasteiger charge is -2.12. The van der Waals surface area contributed by atoms with E-state index in [2.05, 4.69) is 26.2 Å². The second-order valence-corrected chi connectivity index (χ2v) is 6.06. The quantitative estimate of drug-likeness (QED) is 0.523. The van der Waals surface area contributed by atoms with Crippen molar-refractivity contribution in [2.24, 2.45) is 10.7 Å². The first-order valence-electron chi connectivity index (χ1n) is 7.71. The molecule has 0 amide bonds. The molecule has 0 aromatic heterocycles. The molecule has 0 aliphatic heterocycles. The van der Waals surface area contributed by atoms with Crippen molar-refractivity contribution in [3.05, 3.63) is 40.4 Å². The zero-order chi connectivity index (χ0) is 19.1. The number of methoxy groups -OCH3 is 4. The van der Waals surface area contributed by atoms with Crippen LogP contribution >= 0.6 is 15.9 Å². The number of nitrogens with zero attached hydrogens (tertiary/aromatic N) is 1. The minimum atomic E-state index is 0.281. The van der Waals surface area contributed by atoms with Gasteiger partial charge < -0.3 is 30.0 Å². The highest BCUT2D eigenvalue weighted by molar-refractivity contribution is 9.10. The molecule has 0 aliphatic rings. The van der Waals surface area contributed by atoms with E-state index in [1.54, 1.807) is 40.6 Å². The molecule has 2 aromatic rings. The molecular weight excluding hydrogens is 402 g/mol. The van der Waals surface area contributed by atoms with E-state index < -0.39 is 0 Å². The molecular formula is C18H22BrN3O4. The van der Waals surface area contributed by atoms with Crippen LogP contribution in [0.25, 0.3) is 0 Å². The Balaban J connectivity index is 2.12. The maximum absolute atomic E-state index is 5.98.